The first kappa shape index (κ1) is 24.9. The summed E-state index contributed by atoms with van der Waals surface area (Å²) in [6, 6.07) is 4.00. The molecule has 2 fully saturated rings. The average molecular weight is 478 g/mol. The molecule has 0 aromatic heterocycles. The van der Waals surface area contributed by atoms with E-state index in [9.17, 15) is 8.78 Å². The van der Waals surface area contributed by atoms with Crippen LogP contribution in [0.1, 0.15) is 31.7 Å². The first-order valence-corrected chi connectivity index (χ1v) is 12.1. The van der Waals surface area contributed by atoms with Crippen LogP contribution in [0.15, 0.2) is 95.7 Å². The van der Waals surface area contributed by atoms with Gasteiger partial charge in [0.1, 0.15) is 17.9 Å². The molecule has 2 saturated heterocycles. The first-order valence-electron chi connectivity index (χ1n) is 12.1. The van der Waals surface area contributed by atoms with Crippen LogP contribution in [0.25, 0.3) is 0 Å². The maximum Gasteiger partial charge on any atom is 0.131 e. The number of fused-ring (bicyclic) bond motifs is 1. The van der Waals surface area contributed by atoms with Gasteiger partial charge in [0.15, 0.2) is 0 Å². The molecule has 0 aliphatic carbocycles. The van der Waals surface area contributed by atoms with Crippen molar-refractivity contribution in [2.24, 2.45) is 0 Å². The van der Waals surface area contributed by atoms with Crippen LogP contribution in [0.3, 0.4) is 0 Å². The molecule has 0 saturated carbocycles. The van der Waals surface area contributed by atoms with Gasteiger partial charge in [-0.2, -0.15) is 0 Å². The average Bonchev–Trinajstić information content (AvgIpc) is 3.45. The Balaban J connectivity index is 1.78. The molecule has 0 spiro atoms. The Hall–Kier alpha value is -3.18. The molecule has 1 aromatic carbocycles. The van der Waals surface area contributed by atoms with Crippen LogP contribution in [0.4, 0.5) is 8.78 Å². The second kappa shape index (κ2) is 10.6. The van der Waals surface area contributed by atoms with Crippen molar-refractivity contribution in [2.75, 3.05) is 20.2 Å². The lowest BCUT2D eigenvalue weighted by Gasteiger charge is -2.40. The molecule has 6 heteroatoms. The highest BCUT2D eigenvalue weighted by Crippen LogP contribution is 2.47. The van der Waals surface area contributed by atoms with E-state index in [0.29, 0.717) is 12.3 Å². The largest absolute Gasteiger partial charge is 0.381 e. The van der Waals surface area contributed by atoms with Crippen molar-refractivity contribution in [1.82, 2.24) is 15.1 Å². The molecule has 1 N–H and O–H groups in total. The molecule has 0 bridgehead atoms. The molecule has 3 aliphatic rings. The summed E-state index contributed by atoms with van der Waals surface area (Å²) in [6.07, 6.45) is 8.38. The van der Waals surface area contributed by atoms with Crippen LogP contribution in [0, 0.1) is 11.6 Å². The second-order valence-electron chi connectivity index (χ2n) is 8.95. The van der Waals surface area contributed by atoms with Gasteiger partial charge in [0, 0.05) is 47.3 Å². The topological polar surface area (TPSA) is 27.7 Å². The number of hydrogen-bond acceptors (Lipinski definition) is 4. The van der Waals surface area contributed by atoms with Crippen molar-refractivity contribution in [1.29, 1.82) is 0 Å². The summed E-state index contributed by atoms with van der Waals surface area (Å²) in [6.45, 7) is 15.9. The van der Waals surface area contributed by atoms with Gasteiger partial charge >= 0.3 is 0 Å². The smallest absolute Gasteiger partial charge is 0.131 e. The third-order valence-electron chi connectivity index (χ3n) is 6.87. The highest BCUT2D eigenvalue weighted by molar-refractivity contribution is 5.66. The number of allylic oxidation sites excluding steroid dienone is 6. The Bertz CT molecular complexity index is 1150. The first-order chi connectivity index (χ1) is 16.9. The third-order valence-corrected chi connectivity index (χ3v) is 6.87. The minimum Gasteiger partial charge on any atom is -0.381 e. The minimum atomic E-state index is -0.579. The molecule has 184 valence electrons. The zero-order chi connectivity index (χ0) is 25.1. The summed E-state index contributed by atoms with van der Waals surface area (Å²) >= 11 is 0. The van der Waals surface area contributed by atoms with E-state index in [-0.39, 0.29) is 24.4 Å². The fraction of sp³-hybridized carbons (Fsp3) is 0.345. The molecule has 1 aromatic rings. The molecule has 0 amide bonds. The highest BCUT2D eigenvalue weighted by Gasteiger charge is 2.44. The van der Waals surface area contributed by atoms with Crippen LogP contribution < -0.4 is 5.32 Å². The van der Waals surface area contributed by atoms with Gasteiger partial charge < -0.3 is 15.0 Å². The number of nitrogens with one attached hydrogen (secondary N) is 1. The molecule has 4 rings (SSSR count). The van der Waals surface area contributed by atoms with Crippen LogP contribution in [-0.4, -0.2) is 42.3 Å². The van der Waals surface area contributed by atoms with Crippen molar-refractivity contribution in [3.8, 4) is 0 Å². The van der Waals surface area contributed by atoms with Gasteiger partial charge in [-0.25, -0.2) is 8.78 Å². The van der Waals surface area contributed by atoms with Crippen molar-refractivity contribution >= 4 is 0 Å². The molecule has 2 unspecified atom stereocenters. The van der Waals surface area contributed by atoms with Crippen molar-refractivity contribution in [2.45, 2.75) is 45.0 Å². The lowest BCUT2D eigenvalue weighted by atomic mass is 9.87. The molecule has 2 atom stereocenters. The monoisotopic (exact) mass is 477 g/mol. The quantitative estimate of drug-likeness (QED) is 0.486. The van der Waals surface area contributed by atoms with Crippen molar-refractivity contribution in [3.63, 3.8) is 0 Å². The van der Waals surface area contributed by atoms with Crippen LogP contribution in [-0.2, 0) is 11.3 Å². The Morgan fingerprint density at radius 3 is 2.66 bits per heavy atom. The molecule has 3 aliphatic heterocycles. The molecule has 4 nitrogen and oxygen atoms in total. The van der Waals surface area contributed by atoms with Crippen molar-refractivity contribution in [3.05, 3.63) is 113 Å². The summed E-state index contributed by atoms with van der Waals surface area (Å²) < 4.78 is 34.7. The lowest BCUT2D eigenvalue weighted by Crippen LogP contribution is -2.45. The number of ether oxygens (including phenoxy) is 1. The van der Waals surface area contributed by atoms with Gasteiger partial charge in [-0.05, 0) is 44.0 Å². The van der Waals surface area contributed by atoms with E-state index >= 15 is 0 Å². The van der Waals surface area contributed by atoms with Gasteiger partial charge in [0.05, 0.1) is 18.3 Å². The van der Waals surface area contributed by atoms with E-state index in [1.54, 1.807) is 0 Å². The summed E-state index contributed by atoms with van der Waals surface area (Å²) in [4.78, 5) is 4.54. The van der Waals surface area contributed by atoms with Crippen molar-refractivity contribution < 1.29 is 13.5 Å². The number of hydrogen-bond donors (Lipinski definition) is 1. The highest BCUT2D eigenvalue weighted by atomic mass is 19.1. The van der Waals surface area contributed by atoms with E-state index in [0.717, 1.165) is 53.9 Å². The third kappa shape index (κ3) is 4.57. The summed E-state index contributed by atoms with van der Waals surface area (Å²) in [5.74, 6) is -1.16. The van der Waals surface area contributed by atoms with Gasteiger partial charge in [-0.15, -0.1) is 5.73 Å². The van der Waals surface area contributed by atoms with E-state index in [1.807, 2.05) is 12.2 Å². The Morgan fingerprint density at radius 1 is 1.31 bits per heavy atom. The molecular weight excluding hydrogens is 444 g/mol. The maximum atomic E-state index is 14.3. The zero-order valence-electron chi connectivity index (χ0n) is 20.5. The number of halogens is 2. The standard InChI is InChI=1S/C29H33F2N3O/c1-6-10-21-20(8-3)25(11-7-2)34-26(14-15-27(34)29-33(5)16-17-35-29)28(21)19(4)32-18-22-23(30)12-9-13-24(22)31/h8-13,27,29,32H,2-4,6,14-18H2,1,5H3/b21-10-. The van der Waals surface area contributed by atoms with Gasteiger partial charge in [0.25, 0.3) is 0 Å². The number of benzene rings is 1. The predicted molar refractivity (Wildman–Crippen MR) is 136 cm³/mol. The van der Waals surface area contributed by atoms with Crippen LogP contribution >= 0.6 is 0 Å². The van der Waals surface area contributed by atoms with Crippen LogP contribution in [0.5, 0.6) is 0 Å². The van der Waals surface area contributed by atoms with Gasteiger partial charge in [0.2, 0.25) is 0 Å². The minimum absolute atomic E-state index is 0.00200. The summed E-state index contributed by atoms with van der Waals surface area (Å²) in [7, 11) is 2.08. The van der Waals surface area contributed by atoms with E-state index in [2.05, 4.69) is 60.6 Å². The number of nitrogens with zero attached hydrogens (tertiary/aromatic N) is 2. The second-order valence-corrected chi connectivity index (χ2v) is 8.95. The maximum absolute atomic E-state index is 14.3. The molecule has 3 heterocycles. The van der Waals surface area contributed by atoms with Gasteiger partial charge in [-0.3, -0.25) is 4.90 Å². The summed E-state index contributed by atoms with van der Waals surface area (Å²) in [5, 5.41) is 3.20. The zero-order valence-corrected chi connectivity index (χ0v) is 20.5. The Kier molecular flexibility index (Phi) is 7.56. The number of rotatable bonds is 8. The van der Waals surface area contributed by atoms with Gasteiger partial charge in [-0.1, -0.05) is 44.9 Å². The SMILES string of the molecule is C=C=CC1=C(C=C)/C(=C/CC)C(C(=C)NCc2c(F)cccc2F)=C2CCC(C3OCCN3C)N12. The molecular formula is C29H33F2N3O. The number of likely N-dealkylation sites (N-methyl/N-ethyl adjacent to an activating group) is 1. The van der Waals surface area contributed by atoms with E-state index < -0.39 is 11.6 Å². The Morgan fingerprint density at radius 2 is 2.06 bits per heavy atom. The predicted octanol–water partition coefficient (Wildman–Crippen LogP) is 5.71. The Labute approximate surface area is 206 Å². The molecule has 35 heavy (non-hydrogen) atoms. The fourth-order valence-corrected chi connectivity index (χ4v) is 5.30. The fourth-order valence-electron chi connectivity index (χ4n) is 5.30. The summed E-state index contributed by atoms with van der Waals surface area (Å²) in [5.41, 5.74) is 8.56. The lowest BCUT2D eigenvalue weighted by molar-refractivity contribution is -0.00420. The van der Waals surface area contributed by atoms with E-state index in [1.165, 1.54) is 18.2 Å². The molecule has 0 radical (unpaired) electrons. The van der Waals surface area contributed by atoms with E-state index in [4.69, 9.17) is 4.74 Å². The normalized spacial score (nSPS) is 23.5. The van der Waals surface area contributed by atoms with Crippen LogP contribution in [0.2, 0.25) is 0 Å².